The lowest BCUT2D eigenvalue weighted by atomic mass is 10.1. The van der Waals surface area contributed by atoms with Gasteiger partial charge in [0.2, 0.25) is 5.91 Å². The maximum atomic E-state index is 12.3. The number of amides is 1. The van der Waals surface area contributed by atoms with Crippen molar-refractivity contribution in [2.45, 2.75) is 32.2 Å². The van der Waals surface area contributed by atoms with Gasteiger partial charge in [-0.05, 0) is 24.0 Å². The van der Waals surface area contributed by atoms with Crippen LogP contribution < -0.4 is 0 Å². The monoisotopic (exact) mass is 321 g/mol. The SMILES string of the molecule is CC(=O)SCCC(=O)N(CC(=O)O)C1Cc2ccccc2C1. The molecule has 2 rings (SSSR count). The summed E-state index contributed by atoms with van der Waals surface area (Å²) in [5, 5.41) is 9.03. The van der Waals surface area contributed by atoms with Gasteiger partial charge in [0, 0.05) is 25.1 Å². The molecule has 0 saturated heterocycles. The van der Waals surface area contributed by atoms with Crippen molar-refractivity contribution in [1.29, 1.82) is 0 Å². The largest absolute Gasteiger partial charge is 0.480 e. The Kier molecular flexibility index (Phi) is 5.60. The van der Waals surface area contributed by atoms with Crippen molar-refractivity contribution in [3.05, 3.63) is 35.4 Å². The van der Waals surface area contributed by atoms with Crippen LogP contribution in [0.3, 0.4) is 0 Å². The van der Waals surface area contributed by atoms with Crippen LogP contribution in [0.2, 0.25) is 0 Å². The molecule has 1 aromatic carbocycles. The summed E-state index contributed by atoms with van der Waals surface area (Å²) in [5.74, 6) is -0.818. The fourth-order valence-electron chi connectivity index (χ4n) is 2.75. The quantitative estimate of drug-likeness (QED) is 0.864. The third kappa shape index (κ3) is 4.34. The smallest absolute Gasteiger partial charge is 0.323 e. The predicted molar refractivity (Wildman–Crippen MR) is 84.7 cm³/mol. The summed E-state index contributed by atoms with van der Waals surface area (Å²) in [6.07, 6.45) is 1.56. The first kappa shape index (κ1) is 16.5. The normalized spacial score (nSPS) is 13.7. The van der Waals surface area contributed by atoms with Crippen LogP contribution in [0, 0.1) is 0 Å². The second-order valence-corrected chi connectivity index (χ2v) is 6.61. The van der Waals surface area contributed by atoms with Gasteiger partial charge < -0.3 is 10.0 Å². The Morgan fingerprint density at radius 1 is 1.23 bits per heavy atom. The number of aliphatic carboxylic acids is 1. The van der Waals surface area contributed by atoms with Gasteiger partial charge in [0.05, 0.1) is 0 Å². The molecule has 0 bridgehead atoms. The van der Waals surface area contributed by atoms with E-state index in [1.54, 1.807) is 0 Å². The Balaban J connectivity index is 2.02. The zero-order chi connectivity index (χ0) is 16.1. The van der Waals surface area contributed by atoms with Gasteiger partial charge in [-0.2, -0.15) is 0 Å². The van der Waals surface area contributed by atoms with Gasteiger partial charge in [0.25, 0.3) is 0 Å². The van der Waals surface area contributed by atoms with Crippen LogP contribution >= 0.6 is 11.8 Å². The molecule has 1 amide bonds. The molecule has 1 N–H and O–H groups in total. The average molecular weight is 321 g/mol. The lowest BCUT2D eigenvalue weighted by Gasteiger charge is -2.27. The molecule has 0 aromatic heterocycles. The van der Waals surface area contributed by atoms with E-state index in [0.29, 0.717) is 18.6 Å². The van der Waals surface area contributed by atoms with Crippen LogP contribution in [0.25, 0.3) is 0 Å². The van der Waals surface area contributed by atoms with Crippen LogP contribution in [-0.4, -0.2) is 45.3 Å². The van der Waals surface area contributed by atoms with Gasteiger partial charge in [-0.25, -0.2) is 0 Å². The van der Waals surface area contributed by atoms with Crippen LogP contribution in [0.1, 0.15) is 24.5 Å². The van der Waals surface area contributed by atoms with E-state index in [9.17, 15) is 14.4 Å². The summed E-state index contributed by atoms with van der Waals surface area (Å²) < 4.78 is 0. The molecule has 0 radical (unpaired) electrons. The van der Waals surface area contributed by atoms with E-state index in [4.69, 9.17) is 5.11 Å². The lowest BCUT2D eigenvalue weighted by molar-refractivity contribution is -0.146. The van der Waals surface area contributed by atoms with E-state index in [1.165, 1.54) is 23.0 Å². The zero-order valence-electron chi connectivity index (χ0n) is 12.4. The number of thioether (sulfide) groups is 1. The fourth-order valence-corrected chi connectivity index (χ4v) is 3.31. The van der Waals surface area contributed by atoms with E-state index < -0.39 is 5.97 Å². The minimum atomic E-state index is -1.01. The first-order chi connectivity index (χ1) is 10.5. The second kappa shape index (κ2) is 7.45. The lowest BCUT2D eigenvalue weighted by Crippen LogP contribution is -2.44. The number of carboxylic acid groups (broad SMARTS) is 1. The first-order valence-corrected chi connectivity index (χ1v) is 8.17. The number of carboxylic acids is 1. The maximum absolute atomic E-state index is 12.3. The Morgan fingerprint density at radius 3 is 2.32 bits per heavy atom. The van der Waals surface area contributed by atoms with Gasteiger partial charge in [0.1, 0.15) is 6.54 Å². The van der Waals surface area contributed by atoms with E-state index in [-0.39, 0.29) is 30.0 Å². The minimum absolute atomic E-state index is 0.0362. The van der Waals surface area contributed by atoms with Crippen molar-refractivity contribution in [3.63, 3.8) is 0 Å². The third-order valence-electron chi connectivity index (χ3n) is 3.72. The number of carbonyl (C=O) groups is 3. The molecule has 0 unspecified atom stereocenters. The highest BCUT2D eigenvalue weighted by molar-refractivity contribution is 8.13. The molecule has 5 nitrogen and oxygen atoms in total. The molecule has 1 aliphatic rings. The highest BCUT2D eigenvalue weighted by Crippen LogP contribution is 2.26. The number of nitrogens with zero attached hydrogens (tertiary/aromatic N) is 1. The zero-order valence-corrected chi connectivity index (χ0v) is 13.3. The molecule has 0 saturated carbocycles. The van der Waals surface area contributed by atoms with Crippen molar-refractivity contribution >= 4 is 28.8 Å². The van der Waals surface area contributed by atoms with Crippen molar-refractivity contribution in [1.82, 2.24) is 4.90 Å². The van der Waals surface area contributed by atoms with Crippen molar-refractivity contribution in [2.24, 2.45) is 0 Å². The Bertz CT molecular complexity index is 562. The molecule has 1 aliphatic carbocycles. The first-order valence-electron chi connectivity index (χ1n) is 7.18. The molecule has 118 valence electrons. The maximum Gasteiger partial charge on any atom is 0.323 e. The summed E-state index contributed by atoms with van der Waals surface area (Å²) in [5.41, 5.74) is 2.35. The van der Waals surface area contributed by atoms with Gasteiger partial charge in [-0.15, -0.1) is 0 Å². The van der Waals surface area contributed by atoms with Crippen molar-refractivity contribution in [2.75, 3.05) is 12.3 Å². The van der Waals surface area contributed by atoms with Gasteiger partial charge >= 0.3 is 5.97 Å². The van der Waals surface area contributed by atoms with Gasteiger partial charge in [-0.3, -0.25) is 14.4 Å². The summed E-state index contributed by atoms with van der Waals surface area (Å²) in [7, 11) is 0. The number of fused-ring (bicyclic) bond motifs is 1. The molecule has 6 heteroatoms. The van der Waals surface area contributed by atoms with Crippen LogP contribution in [-0.2, 0) is 27.2 Å². The average Bonchev–Trinajstić information content (AvgIpc) is 2.87. The molecular formula is C16H19NO4S. The second-order valence-electron chi connectivity index (χ2n) is 5.34. The van der Waals surface area contributed by atoms with E-state index in [2.05, 4.69) is 0 Å². The standard InChI is InChI=1S/C16H19NO4S/c1-11(18)22-7-6-15(19)17(10-16(20)21)14-8-12-4-2-3-5-13(12)9-14/h2-5,14H,6-10H2,1H3,(H,20,21). The number of hydrogen-bond donors (Lipinski definition) is 1. The number of carbonyl (C=O) groups excluding carboxylic acids is 2. The van der Waals surface area contributed by atoms with Crippen molar-refractivity contribution < 1.29 is 19.5 Å². The van der Waals surface area contributed by atoms with Crippen LogP contribution in [0.15, 0.2) is 24.3 Å². The number of rotatable bonds is 6. The van der Waals surface area contributed by atoms with E-state index in [1.807, 2.05) is 24.3 Å². The molecule has 0 atom stereocenters. The molecule has 22 heavy (non-hydrogen) atoms. The van der Waals surface area contributed by atoms with E-state index in [0.717, 1.165) is 11.8 Å². The number of hydrogen-bond acceptors (Lipinski definition) is 4. The van der Waals surface area contributed by atoms with E-state index >= 15 is 0 Å². The van der Waals surface area contributed by atoms with Crippen molar-refractivity contribution in [3.8, 4) is 0 Å². The summed E-state index contributed by atoms with van der Waals surface area (Å²) in [4.78, 5) is 35.8. The molecule has 0 heterocycles. The fraction of sp³-hybridized carbons (Fsp3) is 0.438. The van der Waals surface area contributed by atoms with Gasteiger partial charge in [0.15, 0.2) is 5.12 Å². The molecule has 0 fully saturated rings. The molecule has 1 aromatic rings. The number of benzene rings is 1. The van der Waals surface area contributed by atoms with Crippen LogP contribution in [0.4, 0.5) is 0 Å². The Hall–Kier alpha value is -1.82. The molecule has 0 spiro atoms. The topological polar surface area (TPSA) is 74.7 Å². The Morgan fingerprint density at radius 2 is 1.82 bits per heavy atom. The third-order valence-corrected chi connectivity index (χ3v) is 4.53. The highest BCUT2D eigenvalue weighted by Gasteiger charge is 2.30. The molecular weight excluding hydrogens is 302 g/mol. The highest BCUT2D eigenvalue weighted by atomic mass is 32.2. The summed E-state index contributed by atoms with van der Waals surface area (Å²) in [6.45, 7) is 1.17. The summed E-state index contributed by atoms with van der Waals surface area (Å²) in [6, 6.07) is 7.83. The summed E-state index contributed by atoms with van der Waals surface area (Å²) >= 11 is 1.09. The minimum Gasteiger partial charge on any atom is -0.480 e. The van der Waals surface area contributed by atoms with Gasteiger partial charge in [-0.1, -0.05) is 36.0 Å². The van der Waals surface area contributed by atoms with Crippen LogP contribution in [0.5, 0.6) is 0 Å². The predicted octanol–water partition coefficient (Wildman–Crippen LogP) is 1.74. The molecule has 0 aliphatic heterocycles. The Labute approximate surface area is 133 Å².